The molecular formula is C8H17O3PS4. The minimum Gasteiger partial charge on any atom is -0.328 e. The van der Waals surface area contributed by atoms with Crippen molar-refractivity contribution in [2.24, 2.45) is 0 Å². The Morgan fingerprint density at radius 3 is 1.75 bits per heavy atom. The highest BCUT2D eigenvalue weighted by Gasteiger charge is 2.07. The molecule has 3 nitrogen and oxygen atoms in total. The van der Waals surface area contributed by atoms with Crippen molar-refractivity contribution in [1.29, 1.82) is 0 Å². The first-order chi connectivity index (χ1) is 7.58. The van der Waals surface area contributed by atoms with Gasteiger partial charge in [0.15, 0.2) is 0 Å². The van der Waals surface area contributed by atoms with Crippen LogP contribution in [0.1, 0.15) is 20.3 Å². The molecule has 96 valence electrons. The quantitative estimate of drug-likeness (QED) is 0.288. The van der Waals surface area contributed by atoms with Crippen LogP contribution in [0.5, 0.6) is 0 Å². The largest absolute Gasteiger partial charge is 0.328 e. The van der Waals surface area contributed by atoms with E-state index in [1.165, 1.54) is 0 Å². The second-order valence-corrected chi connectivity index (χ2v) is 8.66. The number of terminal acetylenes is 1. The highest BCUT2D eigenvalue weighted by atomic mass is 33.1. The van der Waals surface area contributed by atoms with Gasteiger partial charge in [-0.05, 0) is 0 Å². The van der Waals surface area contributed by atoms with Gasteiger partial charge in [-0.1, -0.05) is 57.0 Å². The molecule has 0 rings (SSSR count). The van der Waals surface area contributed by atoms with Crippen LogP contribution in [-0.4, -0.2) is 30.8 Å². The van der Waals surface area contributed by atoms with Crippen LogP contribution in [-0.2, 0) is 0 Å². The molecule has 8 heteroatoms. The Hall–Kier alpha value is 1.27. The molecular weight excluding hydrogens is 303 g/mol. The van der Waals surface area contributed by atoms with E-state index in [1.54, 1.807) is 0 Å². The first-order valence-electron chi connectivity index (χ1n) is 4.45. The first-order valence-corrected chi connectivity index (χ1v) is 10.4. The number of hydrogen-bond donors (Lipinski definition) is 3. The predicted octanol–water partition coefficient (Wildman–Crippen LogP) is 3.33. The molecule has 0 saturated heterocycles. The Kier molecular flexibility index (Phi) is 19.9. The summed E-state index contributed by atoms with van der Waals surface area (Å²) in [6, 6.07) is 0. The van der Waals surface area contributed by atoms with Crippen LogP contribution in [0.15, 0.2) is 0 Å². The molecule has 0 aliphatic heterocycles. The minimum absolute atomic E-state index is 0.560. The lowest BCUT2D eigenvalue weighted by molar-refractivity contribution is 0.368. The van der Waals surface area contributed by atoms with Gasteiger partial charge >= 0.3 is 8.60 Å². The molecule has 0 spiro atoms. The molecule has 0 aromatic rings. The molecule has 0 atom stereocenters. The van der Waals surface area contributed by atoms with Crippen molar-refractivity contribution in [2.75, 3.05) is 11.5 Å². The fourth-order valence-corrected chi connectivity index (χ4v) is 5.79. The summed E-state index contributed by atoms with van der Waals surface area (Å²) in [5.41, 5.74) is 0. The third-order valence-corrected chi connectivity index (χ3v) is 7.31. The predicted molar refractivity (Wildman–Crippen MR) is 82.3 cm³/mol. The normalized spacial score (nSPS) is 9.88. The molecule has 0 amide bonds. The summed E-state index contributed by atoms with van der Waals surface area (Å²) < 4.78 is 0.560. The van der Waals surface area contributed by atoms with Crippen molar-refractivity contribution >= 4 is 51.8 Å². The van der Waals surface area contributed by atoms with E-state index in [1.807, 2.05) is 43.2 Å². The molecule has 0 fully saturated rings. The van der Waals surface area contributed by atoms with Gasteiger partial charge in [-0.15, -0.1) is 12.3 Å². The Morgan fingerprint density at radius 2 is 1.50 bits per heavy atom. The average molecular weight is 320 g/mol. The van der Waals surface area contributed by atoms with Gasteiger partial charge in [-0.3, -0.25) is 0 Å². The average Bonchev–Trinajstić information content (AvgIpc) is 2.21. The Morgan fingerprint density at radius 1 is 1.12 bits per heavy atom. The first kappa shape index (κ1) is 19.6. The van der Waals surface area contributed by atoms with Gasteiger partial charge in [0.05, 0.1) is 4.58 Å². The molecule has 0 heterocycles. The van der Waals surface area contributed by atoms with E-state index in [-0.39, 0.29) is 0 Å². The van der Waals surface area contributed by atoms with Gasteiger partial charge < -0.3 is 14.7 Å². The molecule has 0 bridgehead atoms. The molecule has 0 aromatic carbocycles. The van der Waals surface area contributed by atoms with Gasteiger partial charge in [0, 0.05) is 17.9 Å². The SMILES string of the molecule is C#CCC(SSCC)SSCC.OP(O)O. The zero-order valence-electron chi connectivity index (χ0n) is 9.20. The van der Waals surface area contributed by atoms with Crippen molar-refractivity contribution in [2.45, 2.75) is 24.9 Å². The zero-order valence-corrected chi connectivity index (χ0v) is 13.4. The Balaban J connectivity index is 0. The van der Waals surface area contributed by atoms with Crippen LogP contribution in [0.25, 0.3) is 0 Å². The lowest BCUT2D eigenvalue weighted by Gasteiger charge is -2.10. The molecule has 0 radical (unpaired) electrons. The topological polar surface area (TPSA) is 60.7 Å². The summed E-state index contributed by atoms with van der Waals surface area (Å²) in [5, 5.41) is 0. The summed E-state index contributed by atoms with van der Waals surface area (Å²) in [6.07, 6.45) is 6.15. The fraction of sp³-hybridized carbons (Fsp3) is 0.750. The molecule has 0 saturated carbocycles. The Labute approximate surface area is 115 Å². The maximum Gasteiger partial charge on any atom is 0.324 e. The second kappa shape index (κ2) is 16.3. The van der Waals surface area contributed by atoms with E-state index in [0.717, 1.165) is 17.9 Å². The lowest BCUT2D eigenvalue weighted by atomic mass is 10.5. The maximum atomic E-state index is 7.23. The van der Waals surface area contributed by atoms with Crippen molar-refractivity contribution in [1.82, 2.24) is 0 Å². The van der Waals surface area contributed by atoms with Crippen LogP contribution in [0, 0.1) is 12.3 Å². The van der Waals surface area contributed by atoms with Crippen LogP contribution < -0.4 is 0 Å². The molecule has 0 aliphatic rings. The third-order valence-electron chi connectivity index (χ3n) is 0.871. The van der Waals surface area contributed by atoms with E-state index in [9.17, 15) is 0 Å². The monoisotopic (exact) mass is 320 g/mol. The van der Waals surface area contributed by atoms with E-state index < -0.39 is 8.60 Å². The summed E-state index contributed by atoms with van der Waals surface area (Å²) in [4.78, 5) is 21.7. The van der Waals surface area contributed by atoms with E-state index in [0.29, 0.717) is 4.58 Å². The highest BCUT2D eigenvalue weighted by Crippen LogP contribution is 2.40. The minimum atomic E-state index is -2.62. The molecule has 3 N–H and O–H groups in total. The van der Waals surface area contributed by atoms with Crippen LogP contribution in [0.3, 0.4) is 0 Å². The van der Waals surface area contributed by atoms with Crippen molar-refractivity contribution in [3.05, 3.63) is 0 Å². The van der Waals surface area contributed by atoms with Gasteiger partial charge in [0.2, 0.25) is 0 Å². The smallest absolute Gasteiger partial charge is 0.324 e. The standard InChI is InChI=1S/C8H14S4.H3O3P/c1-4-7-8(11-9-5-2)12-10-6-3;1-4(2)3/h1,8H,5-7H2,2-3H3;1-3H. The number of hydrogen-bond acceptors (Lipinski definition) is 7. The second-order valence-electron chi connectivity index (χ2n) is 2.11. The fourth-order valence-electron chi connectivity index (χ4n) is 0.468. The van der Waals surface area contributed by atoms with Gasteiger partial charge in [-0.2, -0.15) is 0 Å². The van der Waals surface area contributed by atoms with E-state index in [2.05, 4.69) is 19.8 Å². The summed E-state index contributed by atoms with van der Waals surface area (Å²) in [5.74, 6) is 5.03. The van der Waals surface area contributed by atoms with Gasteiger partial charge in [0.25, 0.3) is 0 Å². The van der Waals surface area contributed by atoms with Gasteiger partial charge in [0.1, 0.15) is 0 Å². The van der Waals surface area contributed by atoms with Gasteiger partial charge in [-0.25, -0.2) is 0 Å². The van der Waals surface area contributed by atoms with Crippen LogP contribution in [0.4, 0.5) is 0 Å². The van der Waals surface area contributed by atoms with Crippen molar-refractivity contribution in [3.8, 4) is 12.3 Å². The number of rotatable bonds is 7. The Bertz CT molecular complexity index is 166. The highest BCUT2D eigenvalue weighted by molar-refractivity contribution is 8.85. The molecule has 0 unspecified atom stereocenters. The molecule has 16 heavy (non-hydrogen) atoms. The summed E-state index contributed by atoms with van der Waals surface area (Å²) >= 11 is 0. The molecule has 0 aromatic heterocycles. The van der Waals surface area contributed by atoms with Crippen molar-refractivity contribution < 1.29 is 14.7 Å². The van der Waals surface area contributed by atoms with Crippen LogP contribution in [0.2, 0.25) is 0 Å². The summed E-state index contributed by atoms with van der Waals surface area (Å²) in [7, 11) is 4.97. The van der Waals surface area contributed by atoms with E-state index in [4.69, 9.17) is 21.1 Å². The lowest BCUT2D eigenvalue weighted by Crippen LogP contribution is -1.90. The zero-order chi connectivity index (χ0) is 12.8. The van der Waals surface area contributed by atoms with Crippen molar-refractivity contribution in [3.63, 3.8) is 0 Å². The maximum absolute atomic E-state index is 7.23. The summed E-state index contributed by atoms with van der Waals surface area (Å²) in [6.45, 7) is 4.34. The van der Waals surface area contributed by atoms with Crippen LogP contribution >= 0.6 is 51.8 Å². The van der Waals surface area contributed by atoms with E-state index >= 15 is 0 Å². The molecule has 0 aliphatic carbocycles. The third kappa shape index (κ3) is 20.7.